The van der Waals surface area contributed by atoms with Crippen LogP contribution >= 0.6 is 23.2 Å². The summed E-state index contributed by atoms with van der Waals surface area (Å²) in [5, 5.41) is 13.1. The Hall–Kier alpha value is -4.12. The fourth-order valence-corrected chi connectivity index (χ4v) is 3.46. The number of benzene rings is 2. The van der Waals surface area contributed by atoms with Crippen LogP contribution in [0, 0.1) is 18.3 Å². The van der Waals surface area contributed by atoms with Crippen molar-refractivity contribution in [3.05, 3.63) is 104 Å². The van der Waals surface area contributed by atoms with Crippen molar-refractivity contribution in [2.45, 2.75) is 6.92 Å². The quantitative estimate of drug-likeness (QED) is 0.288. The lowest BCUT2D eigenvalue weighted by Gasteiger charge is -2.12. The van der Waals surface area contributed by atoms with Crippen molar-refractivity contribution >= 4 is 46.5 Å². The van der Waals surface area contributed by atoms with E-state index in [0.717, 1.165) is 11.6 Å². The van der Waals surface area contributed by atoms with Gasteiger partial charge in [0.25, 0.3) is 11.5 Å². The molecule has 4 aromatic rings. The number of carbonyl (C=O) groups is 1. The highest BCUT2D eigenvalue weighted by molar-refractivity contribution is 6.34. The second kappa shape index (κ2) is 9.79. The molecular weight excluding hydrogens is 475 g/mol. The van der Waals surface area contributed by atoms with Crippen LogP contribution in [0.4, 0.5) is 5.69 Å². The van der Waals surface area contributed by atoms with Crippen LogP contribution in [0.2, 0.25) is 10.0 Å². The molecule has 2 aromatic carbocycles. The van der Waals surface area contributed by atoms with Crippen molar-refractivity contribution in [3.8, 4) is 17.7 Å². The summed E-state index contributed by atoms with van der Waals surface area (Å²) in [6, 6.07) is 18.4. The molecule has 34 heavy (non-hydrogen) atoms. The van der Waals surface area contributed by atoms with Gasteiger partial charge >= 0.3 is 0 Å². The van der Waals surface area contributed by atoms with Gasteiger partial charge in [-0.2, -0.15) is 10.2 Å². The number of nitriles is 1. The normalized spacial score (nSPS) is 11.2. The van der Waals surface area contributed by atoms with Crippen molar-refractivity contribution in [3.63, 3.8) is 0 Å². The lowest BCUT2D eigenvalue weighted by molar-refractivity contribution is -0.112. The van der Waals surface area contributed by atoms with E-state index in [4.69, 9.17) is 27.9 Å². The van der Waals surface area contributed by atoms with Crippen molar-refractivity contribution in [2.24, 2.45) is 0 Å². The maximum Gasteiger partial charge on any atom is 0.269 e. The zero-order chi connectivity index (χ0) is 24.2. The summed E-state index contributed by atoms with van der Waals surface area (Å²) >= 11 is 12.0. The van der Waals surface area contributed by atoms with E-state index in [9.17, 15) is 14.9 Å². The van der Waals surface area contributed by atoms with E-state index in [1.165, 1.54) is 4.40 Å². The second-order valence-electron chi connectivity index (χ2n) is 7.18. The number of aromatic nitrogens is 2. The van der Waals surface area contributed by atoms with Crippen LogP contribution in [0.15, 0.2) is 77.2 Å². The zero-order valence-electron chi connectivity index (χ0n) is 17.8. The van der Waals surface area contributed by atoms with E-state index in [-0.39, 0.29) is 17.0 Å². The van der Waals surface area contributed by atoms with Gasteiger partial charge in [0.05, 0.1) is 10.7 Å². The van der Waals surface area contributed by atoms with Crippen LogP contribution in [-0.2, 0) is 4.79 Å². The fraction of sp³-hybridized carbons (Fsp3) is 0.0400. The number of aryl methyl sites for hydroxylation is 1. The number of nitrogens with zero attached hydrogens (tertiary/aromatic N) is 3. The molecule has 0 spiro atoms. The number of nitrogens with one attached hydrogen (secondary N) is 1. The molecule has 9 heteroatoms. The third-order valence-corrected chi connectivity index (χ3v) is 5.43. The molecule has 4 rings (SSSR count). The van der Waals surface area contributed by atoms with Crippen LogP contribution in [0.3, 0.4) is 0 Å². The first-order chi connectivity index (χ1) is 16.4. The average molecular weight is 491 g/mol. The van der Waals surface area contributed by atoms with Crippen molar-refractivity contribution in [2.75, 3.05) is 5.32 Å². The molecule has 0 bridgehead atoms. The lowest BCUT2D eigenvalue weighted by Crippen LogP contribution is -2.20. The van der Waals surface area contributed by atoms with Crippen LogP contribution in [-0.4, -0.2) is 15.3 Å². The van der Waals surface area contributed by atoms with Gasteiger partial charge in [-0.15, -0.1) is 0 Å². The molecule has 0 fully saturated rings. The monoisotopic (exact) mass is 490 g/mol. The minimum Gasteiger partial charge on any atom is -0.438 e. The van der Waals surface area contributed by atoms with Crippen LogP contribution < -0.4 is 15.6 Å². The molecule has 1 N–H and O–H groups in total. The van der Waals surface area contributed by atoms with Crippen LogP contribution in [0.25, 0.3) is 11.7 Å². The number of carbonyl (C=O) groups excluding carboxylic acids is 1. The highest BCUT2D eigenvalue weighted by Crippen LogP contribution is 2.26. The Kier molecular flexibility index (Phi) is 6.64. The van der Waals surface area contributed by atoms with Gasteiger partial charge in [-0.1, -0.05) is 41.4 Å². The Morgan fingerprint density at radius 3 is 2.56 bits per heavy atom. The third kappa shape index (κ3) is 4.79. The van der Waals surface area contributed by atoms with E-state index in [1.807, 2.05) is 6.07 Å². The molecule has 2 heterocycles. The number of fused-ring (bicyclic) bond motifs is 1. The van der Waals surface area contributed by atoms with Gasteiger partial charge in [0, 0.05) is 11.2 Å². The zero-order valence-corrected chi connectivity index (χ0v) is 19.3. The average Bonchev–Trinajstić information content (AvgIpc) is 2.82. The molecule has 0 aliphatic rings. The standard InChI is InChI=1S/C25H16Cl2N4O3/c1-15-5-4-12-31-22(15)30-24(34-18-10-8-17(26)9-11-18)19(25(31)33)13-16(14-28)23(32)29-21-7-3-2-6-20(21)27/h2-13H,1H3,(H,29,32)/b16-13-. The van der Waals surface area contributed by atoms with Gasteiger partial charge in [-0.3, -0.25) is 14.0 Å². The highest BCUT2D eigenvalue weighted by atomic mass is 35.5. The topological polar surface area (TPSA) is 96.5 Å². The Morgan fingerprint density at radius 1 is 1.12 bits per heavy atom. The number of rotatable bonds is 5. The summed E-state index contributed by atoms with van der Waals surface area (Å²) in [6.45, 7) is 1.81. The second-order valence-corrected chi connectivity index (χ2v) is 8.02. The number of anilines is 1. The molecule has 0 saturated heterocycles. The van der Waals surface area contributed by atoms with E-state index in [1.54, 1.807) is 73.8 Å². The number of hydrogen-bond acceptors (Lipinski definition) is 5. The summed E-state index contributed by atoms with van der Waals surface area (Å²) in [7, 11) is 0. The Bertz CT molecular complexity index is 1540. The Morgan fingerprint density at radius 2 is 1.85 bits per heavy atom. The van der Waals surface area contributed by atoms with Crippen LogP contribution in [0.5, 0.6) is 11.6 Å². The molecule has 0 radical (unpaired) electrons. The third-order valence-electron chi connectivity index (χ3n) is 4.85. The number of amides is 1. The Labute approximate surface area is 204 Å². The molecule has 1 amide bonds. The molecule has 0 saturated carbocycles. The van der Waals surface area contributed by atoms with E-state index < -0.39 is 11.5 Å². The predicted molar refractivity (Wildman–Crippen MR) is 131 cm³/mol. The van der Waals surface area contributed by atoms with Gasteiger partial charge in [-0.05, 0) is 61.0 Å². The van der Waals surface area contributed by atoms with E-state index >= 15 is 0 Å². The predicted octanol–water partition coefficient (Wildman–Crippen LogP) is 5.65. The summed E-state index contributed by atoms with van der Waals surface area (Å²) in [4.78, 5) is 30.6. The molecule has 0 atom stereocenters. The first kappa shape index (κ1) is 23.1. The smallest absolute Gasteiger partial charge is 0.269 e. The first-order valence-corrected chi connectivity index (χ1v) is 10.8. The molecule has 168 valence electrons. The SMILES string of the molecule is Cc1cccn2c(=O)c(/C=C(/C#N)C(=O)Nc3ccccc3Cl)c(Oc3ccc(Cl)cc3)nc12. The molecule has 2 aromatic heterocycles. The number of ether oxygens (including phenoxy) is 1. The van der Waals surface area contributed by atoms with Gasteiger partial charge in [0.15, 0.2) is 0 Å². The largest absolute Gasteiger partial charge is 0.438 e. The maximum absolute atomic E-state index is 13.3. The lowest BCUT2D eigenvalue weighted by atomic mass is 10.1. The minimum atomic E-state index is -0.734. The van der Waals surface area contributed by atoms with Crippen molar-refractivity contribution in [1.29, 1.82) is 5.26 Å². The summed E-state index contributed by atoms with van der Waals surface area (Å²) in [5.74, 6) is -0.412. The van der Waals surface area contributed by atoms with Gasteiger partial charge in [0.1, 0.15) is 28.6 Å². The van der Waals surface area contributed by atoms with Crippen LogP contribution in [0.1, 0.15) is 11.1 Å². The van der Waals surface area contributed by atoms with E-state index in [0.29, 0.717) is 27.1 Å². The molecule has 0 unspecified atom stereocenters. The maximum atomic E-state index is 13.3. The van der Waals surface area contributed by atoms with Gasteiger partial charge in [-0.25, -0.2) is 0 Å². The number of para-hydroxylation sites is 1. The minimum absolute atomic E-state index is 0.0556. The van der Waals surface area contributed by atoms with Gasteiger partial charge < -0.3 is 10.1 Å². The Balaban J connectivity index is 1.84. The molecule has 0 aliphatic carbocycles. The first-order valence-electron chi connectivity index (χ1n) is 10.0. The summed E-state index contributed by atoms with van der Waals surface area (Å²) in [6.07, 6.45) is 2.71. The van der Waals surface area contributed by atoms with E-state index in [2.05, 4.69) is 10.3 Å². The van der Waals surface area contributed by atoms with Gasteiger partial charge in [0.2, 0.25) is 5.88 Å². The number of pyridine rings is 1. The highest BCUT2D eigenvalue weighted by Gasteiger charge is 2.18. The number of hydrogen-bond donors (Lipinski definition) is 1. The molecule has 0 aliphatic heterocycles. The van der Waals surface area contributed by atoms with Crippen molar-refractivity contribution < 1.29 is 9.53 Å². The molecular formula is C25H16Cl2N4O3. The summed E-state index contributed by atoms with van der Waals surface area (Å²) < 4.78 is 7.21. The number of halogens is 2. The molecule has 7 nitrogen and oxygen atoms in total. The fourth-order valence-electron chi connectivity index (χ4n) is 3.15. The van der Waals surface area contributed by atoms with Crippen molar-refractivity contribution in [1.82, 2.24) is 9.38 Å². The summed E-state index contributed by atoms with van der Waals surface area (Å²) in [5.41, 5.74) is 0.560.